The summed E-state index contributed by atoms with van der Waals surface area (Å²) in [5.74, 6) is 2.19. The largest absolute Gasteiger partial charge is 0.383 e. The maximum atomic E-state index is 5.99. The fourth-order valence-electron chi connectivity index (χ4n) is 2.51. The van der Waals surface area contributed by atoms with Gasteiger partial charge in [0.2, 0.25) is 0 Å². The van der Waals surface area contributed by atoms with E-state index in [9.17, 15) is 0 Å². The third kappa shape index (κ3) is 1.92. The first-order chi connectivity index (χ1) is 7.11. The van der Waals surface area contributed by atoms with E-state index in [1.807, 2.05) is 4.68 Å². The lowest BCUT2D eigenvalue weighted by atomic mass is 9.78. The zero-order chi connectivity index (χ0) is 11.0. The topological polar surface area (TPSA) is 43.8 Å². The number of rotatable bonds is 1. The Balaban J connectivity index is 2.26. The van der Waals surface area contributed by atoms with Crippen molar-refractivity contribution in [1.29, 1.82) is 0 Å². The molecule has 1 aromatic heterocycles. The summed E-state index contributed by atoms with van der Waals surface area (Å²) in [6, 6.07) is 0.472. The maximum Gasteiger partial charge on any atom is 0.136 e. The van der Waals surface area contributed by atoms with Crippen LogP contribution in [0.4, 0.5) is 5.82 Å². The summed E-state index contributed by atoms with van der Waals surface area (Å²) in [4.78, 5) is 0. The van der Waals surface area contributed by atoms with Gasteiger partial charge in [0, 0.05) is 0 Å². The van der Waals surface area contributed by atoms with Crippen LogP contribution in [0.3, 0.4) is 0 Å². The molecule has 84 valence electrons. The molecule has 1 saturated carbocycles. The van der Waals surface area contributed by atoms with Crippen LogP contribution in [-0.4, -0.2) is 9.78 Å². The molecular weight excluding hydrogens is 254 g/mol. The highest BCUT2D eigenvalue weighted by molar-refractivity contribution is 9.10. The second-order valence-electron chi connectivity index (χ2n) is 4.66. The van der Waals surface area contributed by atoms with Crippen molar-refractivity contribution in [2.75, 3.05) is 5.73 Å². The summed E-state index contributed by atoms with van der Waals surface area (Å²) >= 11 is 3.41. The lowest BCUT2D eigenvalue weighted by molar-refractivity contribution is 0.176. The number of nitrogen functional groups attached to an aromatic ring is 1. The molecule has 2 N–H and O–H groups in total. The Hall–Kier alpha value is -0.510. The highest BCUT2D eigenvalue weighted by Gasteiger charge is 2.30. The van der Waals surface area contributed by atoms with Crippen molar-refractivity contribution in [1.82, 2.24) is 9.78 Å². The van der Waals surface area contributed by atoms with Crippen LogP contribution in [0.1, 0.15) is 39.2 Å². The first kappa shape index (κ1) is 11.0. The van der Waals surface area contributed by atoms with Crippen LogP contribution >= 0.6 is 15.9 Å². The maximum absolute atomic E-state index is 5.99. The molecule has 3 atom stereocenters. The smallest absolute Gasteiger partial charge is 0.136 e. The van der Waals surface area contributed by atoms with Crippen molar-refractivity contribution >= 4 is 21.7 Å². The van der Waals surface area contributed by atoms with E-state index in [0.29, 0.717) is 12.0 Å². The van der Waals surface area contributed by atoms with Crippen LogP contribution in [-0.2, 0) is 0 Å². The molecule has 1 heterocycles. The quantitative estimate of drug-likeness (QED) is 0.853. The van der Waals surface area contributed by atoms with Crippen LogP contribution in [0.25, 0.3) is 0 Å². The van der Waals surface area contributed by atoms with E-state index in [2.05, 4.69) is 34.9 Å². The fraction of sp³-hybridized carbons (Fsp3) is 0.727. The van der Waals surface area contributed by atoms with Gasteiger partial charge in [0.25, 0.3) is 0 Å². The number of aromatic nitrogens is 2. The van der Waals surface area contributed by atoms with Crippen molar-refractivity contribution < 1.29 is 0 Å². The number of anilines is 1. The van der Waals surface area contributed by atoms with Gasteiger partial charge in [-0.25, -0.2) is 4.68 Å². The Labute approximate surface area is 99.2 Å². The summed E-state index contributed by atoms with van der Waals surface area (Å²) in [6.07, 6.45) is 5.61. The van der Waals surface area contributed by atoms with Gasteiger partial charge in [-0.3, -0.25) is 0 Å². The number of hydrogen-bond acceptors (Lipinski definition) is 2. The van der Waals surface area contributed by atoms with E-state index in [-0.39, 0.29) is 0 Å². The summed E-state index contributed by atoms with van der Waals surface area (Å²) in [6.45, 7) is 4.63. The lowest BCUT2D eigenvalue weighted by Crippen LogP contribution is -2.28. The van der Waals surface area contributed by atoms with Gasteiger partial charge in [-0.1, -0.05) is 26.7 Å². The van der Waals surface area contributed by atoms with E-state index in [1.54, 1.807) is 6.20 Å². The van der Waals surface area contributed by atoms with Crippen molar-refractivity contribution in [2.24, 2.45) is 11.8 Å². The highest BCUT2D eigenvalue weighted by atomic mass is 79.9. The van der Waals surface area contributed by atoms with Gasteiger partial charge < -0.3 is 5.73 Å². The second kappa shape index (κ2) is 4.16. The Morgan fingerprint density at radius 1 is 1.47 bits per heavy atom. The summed E-state index contributed by atoms with van der Waals surface area (Å²) in [5, 5.41) is 4.37. The zero-order valence-corrected chi connectivity index (χ0v) is 10.9. The number of nitrogens with zero attached hydrogens (tertiary/aromatic N) is 2. The van der Waals surface area contributed by atoms with Gasteiger partial charge in [-0.2, -0.15) is 5.10 Å². The molecule has 15 heavy (non-hydrogen) atoms. The Morgan fingerprint density at radius 2 is 2.20 bits per heavy atom. The summed E-state index contributed by atoms with van der Waals surface area (Å²) in [7, 11) is 0. The second-order valence-corrected chi connectivity index (χ2v) is 5.51. The van der Waals surface area contributed by atoms with Crippen molar-refractivity contribution in [3.63, 3.8) is 0 Å². The molecule has 0 spiro atoms. The first-order valence-corrected chi connectivity index (χ1v) is 6.39. The molecule has 0 radical (unpaired) electrons. The number of halogens is 1. The van der Waals surface area contributed by atoms with E-state index in [1.165, 1.54) is 19.3 Å². The van der Waals surface area contributed by atoms with Gasteiger partial charge in [0.15, 0.2) is 0 Å². The average molecular weight is 272 g/mol. The molecule has 0 aliphatic heterocycles. The third-order valence-corrected chi connectivity index (χ3v) is 4.38. The normalized spacial score (nSPS) is 31.8. The minimum Gasteiger partial charge on any atom is -0.383 e. The lowest BCUT2D eigenvalue weighted by Gasteiger charge is -2.34. The third-order valence-electron chi connectivity index (χ3n) is 3.76. The van der Waals surface area contributed by atoms with Crippen LogP contribution in [0.5, 0.6) is 0 Å². The molecule has 1 aromatic rings. The molecule has 4 heteroatoms. The monoisotopic (exact) mass is 271 g/mol. The molecule has 3 nitrogen and oxygen atoms in total. The van der Waals surface area contributed by atoms with E-state index < -0.39 is 0 Å². The van der Waals surface area contributed by atoms with Crippen LogP contribution in [0.2, 0.25) is 0 Å². The highest BCUT2D eigenvalue weighted by Crippen LogP contribution is 2.39. The molecule has 1 aliphatic carbocycles. The first-order valence-electron chi connectivity index (χ1n) is 5.59. The number of hydrogen-bond donors (Lipinski definition) is 1. The predicted molar refractivity (Wildman–Crippen MR) is 65.6 cm³/mol. The SMILES string of the molecule is CC1CCCC(n2ncc(Br)c2N)C1C. The summed E-state index contributed by atoms with van der Waals surface area (Å²) < 4.78 is 2.90. The van der Waals surface area contributed by atoms with Gasteiger partial charge in [-0.15, -0.1) is 0 Å². The molecule has 1 fully saturated rings. The molecule has 0 aromatic carbocycles. The van der Waals surface area contributed by atoms with Crippen molar-refractivity contribution in [3.8, 4) is 0 Å². The average Bonchev–Trinajstić information content (AvgIpc) is 2.53. The number of nitrogens with two attached hydrogens (primary N) is 1. The Morgan fingerprint density at radius 3 is 2.80 bits per heavy atom. The summed E-state index contributed by atoms with van der Waals surface area (Å²) in [5.41, 5.74) is 5.99. The molecule has 2 rings (SSSR count). The van der Waals surface area contributed by atoms with E-state index in [4.69, 9.17) is 5.73 Å². The molecule has 0 bridgehead atoms. The minimum absolute atomic E-state index is 0.472. The Kier molecular flexibility index (Phi) is 3.05. The zero-order valence-electron chi connectivity index (χ0n) is 9.28. The van der Waals surface area contributed by atoms with Gasteiger partial charge in [0.1, 0.15) is 5.82 Å². The molecular formula is C11H18BrN3. The standard InChI is InChI=1S/C11H18BrN3/c1-7-4-3-5-10(8(7)2)15-11(13)9(12)6-14-15/h6-8,10H,3-5,13H2,1-2H3. The van der Waals surface area contributed by atoms with Crippen molar-refractivity contribution in [2.45, 2.75) is 39.2 Å². The fourth-order valence-corrected chi connectivity index (χ4v) is 2.79. The predicted octanol–water partition coefficient (Wildman–Crippen LogP) is 3.23. The van der Waals surface area contributed by atoms with Crippen LogP contribution < -0.4 is 5.73 Å². The van der Waals surface area contributed by atoms with Gasteiger partial charge >= 0.3 is 0 Å². The van der Waals surface area contributed by atoms with Gasteiger partial charge in [-0.05, 0) is 34.2 Å². The molecule has 1 aliphatic rings. The Bertz CT molecular complexity index is 348. The van der Waals surface area contributed by atoms with Crippen LogP contribution in [0, 0.1) is 11.8 Å². The van der Waals surface area contributed by atoms with Crippen LogP contribution in [0.15, 0.2) is 10.7 Å². The minimum atomic E-state index is 0.472. The molecule has 0 saturated heterocycles. The van der Waals surface area contributed by atoms with Crippen molar-refractivity contribution in [3.05, 3.63) is 10.7 Å². The van der Waals surface area contributed by atoms with Gasteiger partial charge in [0.05, 0.1) is 16.7 Å². The molecule has 0 amide bonds. The molecule has 3 unspecified atom stereocenters. The van der Waals surface area contributed by atoms with E-state index in [0.717, 1.165) is 16.2 Å². The van der Waals surface area contributed by atoms with E-state index >= 15 is 0 Å².